The molecule has 0 saturated carbocycles. The number of para-hydroxylation sites is 1. The van der Waals surface area contributed by atoms with E-state index in [1.54, 1.807) is 18.9 Å². The number of aliphatic hydroxyl groups is 1. The largest absolute Gasteiger partial charge is 0.393 e. The summed E-state index contributed by atoms with van der Waals surface area (Å²) < 4.78 is 0. The Bertz CT molecular complexity index is 416. The number of anilines is 1. The fraction of sp³-hybridized carbons (Fsp3) is 0.533. The Morgan fingerprint density at radius 3 is 2.53 bits per heavy atom. The topological polar surface area (TPSA) is 52.6 Å². The van der Waals surface area contributed by atoms with E-state index in [1.165, 1.54) is 0 Å². The minimum atomic E-state index is -0.391. The predicted octanol–water partition coefficient (Wildman–Crippen LogP) is 3.04. The smallest absolute Gasteiger partial charge is 0.321 e. The van der Waals surface area contributed by atoms with E-state index in [2.05, 4.69) is 19.2 Å². The summed E-state index contributed by atoms with van der Waals surface area (Å²) in [6, 6.07) is 7.68. The van der Waals surface area contributed by atoms with Gasteiger partial charge in [-0.2, -0.15) is 0 Å². The highest BCUT2D eigenvalue weighted by Crippen LogP contribution is 2.23. The van der Waals surface area contributed by atoms with Crippen LogP contribution < -0.4 is 5.32 Å². The summed E-state index contributed by atoms with van der Waals surface area (Å²) in [5, 5.41) is 12.2. The molecule has 1 rings (SSSR count). The molecule has 4 heteroatoms. The Balaban J connectivity index is 2.66. The van der Waals surface area contributed by atoms with Crippen LogP contribution >= 0.6 is 0 Å². The van der Waals surface area contributed by atoms with Crippen LogP contribution in [0.4, 0.5) is 10.5 Å². The molecule has 0 saturated heterocycles. The molecule has 19 heavy (non-hydrogen) atoms. The van der Waals surface area contributed by atoms with Gasteiger partial charge in [-0.15, -0.1) is 0 Å². The molecular formula is C15H24N2O2. The van der Waals surface area contributed by atoms with Crippen molar-refractivity contribution in [3.63, 3.8) is 0 Å². The number of rotatable bonds is 5. The third-order valence-corrected chi connectivity index (χ3v) is 3.05. The van der Waals surface area contributed by atoms with E-state index in [1.807, 2.05) is 24.3 Å². The first-order chi connectivity index (χ1) is 8.91. The van der Waals surface area contributed by atoms with Crippen molar-refractivity contribution in [1.82, 2.24) is 4.90 Å². The van der Waals surface area contributed by atoms with Crippen molar-refractivity contribution in [2.75, 3.05) is 18.9 Å². The lowest BCUT2D eigenvalue weighted by atomic mass is 10.0. The van der Waals surface area contributed by atoms with E-state index in [-0.39, 0.29) is 6.03 Å². The summed E-state index contributed by atoms with van der Waals surface area (Å²) >= 11 is 0. The number of aliphatic hydroxyl groups excluding tert-OH is 1. The monoisotopic (exact) mass is 264 g/mol. The highest BCUT2D eigenvalue weighted by Gasteiger charge is 2.12. The zero-order valence-corrected chi connectivity index (χ0v) is 12.2. The molecule has 0 aromatic heterocycles. The summed E-state index contributed by atoms with van der Waals surface area (Å²) in [6.07, 6.45) is 0.189. The van der Waals surface area contributed by atoms with Gasteiger partial charge in [0.2, 0.25) is 0 Å². The van der Waals surface area contributed by atoms with Crippen LogP contribution in [-0.4, -0.2) is 35.7 Å². The first kappa shape index (κ1) is 15.5. The molecule has 0 radical (unpaired) electrons. The Labute approximate surface area is 115 Å². The molecule has 0 aliphatic heterocycles. The maximum atomic E-state index is 12.0. The third-order valence-electron chi connectivity index (χ3n) is 3.05. The van der Waals surface area contributed by atoms with Crippen LogP contribution in [0.25, 0.3) is 0 Å². The minimum Gasteiger partial charge on any atom is -0.393 e. The Morgan fingerprint density at radius 1 is 1.32 bits per heavy atom. The molecule has 2 amide bonds. The second-order valence-electron chi connectivity index (χ2n) is 5.23. The van der Waals surface area contributed by atoms with Crippen molar-refractivity contribution in [2.24, 2.45) is 0 Å². The van der Waals surface area contributed by atoms with Gasteiger partial charge >= 0.3 is 6.03 Å². The van der Waals surface area contributed by atoms with Crippen molar-refractivity contribution in [3.05, 3.63) is 29.8 Å². The van der Waals surface area contributed by atoms with Crippen molar-refractivity contribution >= 4 is 11.7 Å². The quantitative estimate of drug-likeness (QED) is 0.858. The molecule has 0 spiro atoms. The molecule has 106 valence electrons. The second-order valence-corrected chi connectivity index (χ2v) is 5.23. The number of urea groups is 1. The summed E-state index contributed by atoms with van der Waals surface area (Å²) in [7, 11) is 1.73. The van der Waals surface area contributed by atoms with Gasteiger partial charge in [0.25, 0.3) is 0 Å². The molecule has 0 heterocycles. The number of amides is 2. The molecule has 1 aromatic carbocycles. The molecule has 1 atom stereocenters. The molecule has 1 aromatic rings. The predicted molar refractivity (Wildman–Crippen MR) is 78.5 cm³/mol. The van der Waals surface area contributed by atoms with Gasteiger partial charge in [0.1, 0.15) is 0 Å². The zero-order valence-electron chi connectivity index (χ0n) is 12.2. The van der Waals surface area contributed by atoms with E-state index < -0.39 is 6.10 Å². The number of benzene rings is 1. The van der Waals surface area contributed by atoms with Crippen LogP contribution in [0.3, 0.4) is 0 Å². The average Bonchev–Trinajstić information content (AvgIpc) is 2.36. The standard InChI is InChI=1S/C15H24N2O2/c1-11(2)13-7-5-6-8-14(13)16-15(19)17(4)10-9-12(3)18/h5-8,11-12,18H,9-10H2,1-4H3,(H,16,19). The molecule has 0 aliphatic rings. The van der Waals surface area contributed by atoms with Gasteiger partial charge < -0.3 is 15.3 Å². The van der Waals surface area contributed by atoms with Gasteiger partial charge in [-0.1, -0.05) is 32.0 Å². The van der Waals surface area contributed by atoms with Crippen LogP contribution in [-0.2, 0) is 0 Å². The summed E-state index contributed by atoms with van der Waals surface area (Å²) in [6.45, 7) is 6.46. The first-order valence-corrected chi connectivity index (χ1v) is 6.71. The molecule has 1 unspecified atom stereocenters. The lowest BCUT2D eigenvalue weighted by molar-refractivity contribution is 0.167. The SMILES string of the molecule is CC(O)CCN(C)C(=O)Nc1ccccc1C(C)C. The highest BCUT2D eigenvalue weighted by atomic mass is 16.3. The Morgan fingerprint density at radius 2 is 1.95 bits per heavy atom. The maximum Gasteiger partial charge on any atom is 0.321 e. The number of nitrogens with zero attached hydrogens (tertiary/aromatic N) is 1. The van der Waals surface area contributed by atoms with Crippen LogP contribution in [0.5, 0.6) is 0 Å². The molecule has 2 N–H and O–H groups in total. The molecule has 4 nitrogen and oxygen atoms in total. The molecule has 0 bridgehead atoms. The first-order valence-electron chi connectivity index (χ1n) is 6.71. The average molecular weight is 264 g/mol. The van der Waals surface area contributed by atoms with E-state index in [0.717, 1.165) is 11.3 Å². The second kappa shape index (κ2) is 7.14. The van der Waals surface area contributed by atoms with E-state index >= 15 is 0 Å². The van der Waals surface area contributed by atoms with Gasteiger partial charge in [0.05, 0.1) is 6.10 Å². The number of hydrogen-bond acceptors (Lipinski definition) is 2. The number of nitrogens with one attached hydrogen (secondary N) is 1. The maximum absolute atomic E-state index is 12.0. The van der Waals surface area contributed by atoms with Gasteiger partial charge in [-0.3, -0.25) is 0 Å². The fourth-order valence-corrected chi connectivity index (χ4v) is 1.81. The summed E-state index contributed by atoms with van der Waals surface area (Å²) in [5.74, 6) is 0.360. The minimum absolute atomic E-state index is 0.145. The normalized spacial score (nSPS) is 12.3. The van der Waals surface area contributed by atoms with Crippen molar-refractivity contribution in [2.45, 2.75) is 39.2 Å². The van der Waals surface area contributed by atoms with E-state index in [9.17, 15) is 9.90 Å². The van der Waals surface area contributed by atoms with Gasteiger partial charge in [-0.25, -0.2) is 4.79 Å². The summed E-state index contributed by atoms with van der Waals surface area (Å²) in [4.78, 5) is 13.6. The van der Waals surface area contributed by atoms with E-state index in [0.29, 0.717) is 18.9 Å². The lowest BCUT2D eigenvalue weighted by Gasteiger charge is -2.20. The third kappa shape index (κ3) is 4.91. The van der Waals surface area contributed by atoms with Crippen molar-refractivity contribution in [3.8, 4) is 0 Å². The summed E-state index contributed by atoms with van der Waals surface area (Å²) in [5.41, 5.74) is 1.98. The lowest BCUT2D eigenvalue weighted by Crippen LogP contribution is -2.33. The number of carbonyl (C=O) groups excluding carboxylic acids is 1. The van der Waals surface area contributed by atoms with Gasteiger partial charge in [0.15, 0.2) is 0 Å². The van der Waals surface area contributed by atoms with Crippen LogP contribution in [0.1, 0.15) is 38.7 Å². The molecule has 0 fully saturated rings. The zero-order chi connectivity index (χ0) is 14.4. The van der Waals surface area contributed by atoms with Crippen LogP contribution in [0.2, 0.25) is 0 Å². The fourth-order valence-electron chi connectivity index (χ4n) is 1.81. The molecule has 0 aliphatic carbocycles. The van der Waals surface area contributed by atoms with Gasteiger partial charge in [-0.05, 0) is 30.9 Å². The number of hydrogen-bond donors (Lipinski definition) is 2. The highest BCUT2D eigenvalue weighted by molar-refractivity contribution is 5.90. The van der Waals surface area contributed by atoms with E-state index in [4.69, 9.17) is 0 Å². The van der Waals surface area contributed by atoms with Crippen LogP contribution in [0, 0.1) is 0 Å². The van der Waals surface area contributed by atoms with Gasteiger partial charge in [0, 0.05) is 19.3 Å². The molecular weight excluding hydrogens is 240 g/mol. The van der Waals surface area contributed by atoms with Crippen molar-refractivity contribution in [1.29, 1.82) is 0 Å². The van der Waals surface area contributed by atoms with Crippen molar-refractivity contribution < 1.29 is 9.90 Å². The number of carbonyl (C=O) groups is 1. The van der Waals surface area contributed by atoms with Crippen LogP contribution in [0.15, 0.2) is 24.3 Å². The Hall–Kier alpha value is -1.55. The Kier molecular flexibility index (Phi) is 5.83.